The molecule has 1 saturated heterocycles. The molecule has 0 saturated carbocycles. The van der Waals surface area contributed by atoms with Crippen LogP contribution >= 0.6 is 22.6 Å². The van der Waals surface area contributed by atoms with Gasteiger partial charge in [0.15, 0.2) is 6.23 Å². The van der Waals surface area contributed by atoms with Crippen LogP contribution in [0.25, 0.3) is 11.0 Å². The number of hydrogen-bond donors (Lipinski definition) is 3. The van der Waals surface area contributed by atoms with Crippen LogP contribution in [0.4, 0.5) is 5.82 Å². The first kappa shape index (κ1) is 13.0. The van der Waals surface area contributed by atoms with Gasteiger partial charge in [0.2, 0.25) is 0 Å². The van der Waals surface area contributed by atoms with Crippen LogP contribution in [0.5, 0.6) is 0 Å². The molecule has 0 unspecified atom stereocenters. The molecule has 4 atom stereocenters. The molecule has 3 heterocycles. The number of fused-ring (bicyclic) bond motifs is 1. The maximum Gasteiger partial charge on any atom is 0.164 e. The number of anilines is 1. The Labute approximate surface area is 122 Å². The second-order valence-electron chi connectivity index (χ2n) is 4.55. The van der Waals surface area contributed by atoms with Gasteiger partial charge in [-0.05, 0) is 29.5 Å². The van der Waals surface area contributed by atoms with E-state index in [1.165, 1.54) is 6.33 Å². The summed E-state index contributed by atoms with van der Waals surface area (Å²) >= 11 is 2.13. The van der Waals surface area contributed by atoms with E-state index in [9.17, 15) is 10.2 Å². The molecule has 0 spiro atoms. The summed E-state index contributed by atoms with van der Waals surface area (Å²) in [4.78, 5) is 8.14. The standard InChI is InChI=1S/C11H13IN4O3/c1-4-7(17)8(18)11(19-4)16-2-5(12)6-9(13)14-3-15-10(6)16/h2-4,7-8,11,17-18H,1H3,(H2,13,14,15)/t4-,7-,8+,11+/m1/s1. The zero-order valence-corrected chi connectivity index (χ0v) is 12.2. The van der Waals surface area contributed by atoms with Crippen LogP contribution in [-0.2, 0) is 4.74 Å². The first-order valence-corrected chi connectivity index (χ1v) is 6.86. The fourth-order valence-corrected chi connectivity index (χ4v) is 3.13. The summed E-state index contributed by atoms with van der Waals surface area (Å²) in [5, 5.41) is 20.6. The Hall–Kier alpha value is -0.970. The van der Waals surface area contributed by atoms with Gasteiger partial charge < -0.3 is 25.3 Å². The minimum Gasteiger partial charge on any atom is -0.388 e. The van der Waals surface area contributed by atoms with Crippen LogP contribution in [0.15, 0.2) is 12.5 Å². The van der Waals surface area contributed by atoms with Crippen LogP contribution < -0.4 is 5.73 Å². The second kappa shape index (κ2) is 4.54. The van der Waals surface area contributed by atoms with E-state index in [1.807, 2.05) is 0 Å². The van der Waals surface area contributed by atoms with Crippen LogP contribution in [0.1, 0.15) is 13.2 Å². The Morgan fingerprint density at radius 1 is 1.37 bits per heavy atom. The fourth-order valence-electron chi connectivity index (χ4n) is 2.31. The lowest BCUT2D eigenvalue weighted by Crippen LogP contribution is -2.30. The molecule has 1 aliphatic rings. The highest BCUT2D eigenvalue weighted by atomic mass is 127. The summed E-state index contributed by atoms with van der Waals surface area (Å²) in [5.74, 6) is 0.384. The van der Waals surface area contributed by atoms with Crippen molar-refractivity contribution >= 4 is 39.4 Å². The van der Waals surface area contributed by atoms with Gasteiger partial charge in [0.1, 0.15) is 30.0 Å². The molecule has 7 nitrogen and oxygen atoms in total. The molecule has 2 aromatic rings. The van der Waals surface area contributed by atoms with Crippen molar-refractivity contribution in [1.82, 2.24) is 14.5 Å². The van der Waals surface area contributed by atoms with E-state index in [1.54, 1.807) is 17.7 Å². The summed E-state index contributed by atoms with van der Waals surface area (Å²) < 4.78 is 8.15. The number of nitrogens with two attached hydrogens (primary N) is 1. The van der Waals surface area contributed by atoms with Crippen molar-refractivity contribution in [1.29, 1.82) is 0 Å². The SMILES string of the molecule is C[C@H]1O[C@H](n2cc(I)c3c(N)ncnc32)[C@@H](O)[C@@H]1O. The van der Waals surface area contributed by atoms with Gasteiger partial charge in [-0.15, -0.1) is 0 Å². The Morgan fingerprint density at radius 3 is 2.74 bits per heavy atom. The van der Waals surface area contributed by atoms with Crippen molar-refractivity contribution in [3.05, 3.63) is 16.1 Å². The number of nitrogen functional groups attached to an aromatic ring is 1. The van der Waals surface area contributed by atoms with Crippen molar-refractivity contribution in [3.8, 4) is 0 Å². The lowest BCUT2D eigenvalue weighted by Gasteiger charge is -2.17. The van der Waals surface area contributed by atoms with Crippen molar-refractivity contribution < 1.29 is 14.9 Å². The zero-order chi connectivity index (χ0) is 13.7. The average molecular weight is 376 g/mol. The van der Waals surface area contributed by atoms with Gasteiger partial charge in [-0.2, -0.15) is 0 Å². The third-order valence-electron chi connectivity index (χ3n) is 3.34. The summed E-state index contributed by atoms with van der Waals surface area (Å²) in [7, 11) is 0. The van der Waals surface area contributed by atoms with Crippen LogP contribution in [0.2, 0.25) is 0 Å². The molecule has 2 aromatic heterocycles. The van der Waals surface area contributed by atoms with E-state index in [0.717, 1.165) is 8.96 Å². The molecule has 3 rings (SSSR count). The lowest BCUT2D eigenvalue weighted by atomic mass is 10.1. The van der Waals surface area contributed by atoms with Gasteiger partial charge >= 0.3 is 0 Å². The van der Waals surface area contributed by atoms with E-state index < -0.39 is 24.5 Å². The quantitative estimate of drug-likeness (QED) is 0.617. The highest BCUT2D eigenvalue weighted by molar-refractivity contribution is 14.1. The molecule has 0 aromatic carbocycles. The lowest BCUT2D eigenvalue weighted by molar-refractivity contribution is -0.0297. The predicted molar refractivity (Wildman–Crippen MR) is 76.3 cm³/mol. The van der Waals surface area contributed by atoms with Crippen LogP contribution in [-0.4, -0.2) is 43.1 Å². The molecule has 102 valence electrons. The summed E-state index contributed by atoms with van der Waals surface area (Å²) in [6.45, 7) is 1.72. The largest absolute Gasteiger partial charge is 0.388 e. The maximum absolute atomic E-state index is 10.0. The van der Waals surface area contributed by atoms with E-state index in [-0.39, 0.29) is 0 Å². The number of rotatable bonds is 1. The molecule has 0 amide bonds. The average Bonchev–Trinajstić information content (AvgIpc) is 2.83. The van der Waals surface area contributed by atoms with Gasteiger partial charge in [0.25, 0.3) is 0 Å². The van der Waals surface area contributed by atoms with Crippen LogP contribution in [0, 0.1) is 3.57 Å². The van der Waals surface area contributed by atoms with Crippen LogP contribution in [0.3, 0.4) is 0 Å². The van der Waals surface area contributed by atoms with Gasteiger partial charge in [-0.1, -0.05) is 0 Å². The fraction of sp³-hybridized carbons (Fsp3) is 0.455. The topological polar surface area (TPSA) is 106 Å². The smallest absolute Gasteiger partial charge is 0.164 e. The number of aliphatic hydroxyl groups excluding tert-OH is 2. The molecular weight excluding hydrogens is 363 g/mol. The third-order valence-corrected chi connectivity index (χ3v) is 4.16. The number of hydrogen-bond acceptors (Lipinski definition) is 6. The van der Waals surface area contributed by atoms with E-state index in [0.29, 0.717) is 11.5 Å². The first-order chi connectivity index (χ1) is 9.00. The zero-order valence-electron chi connectivity index (χ0n) is 10.1. The normalized spacial score (nSPS) is 31.2. The van der Waals surface area contributed by atoms with Crippen molar-refractivity contribution in [2.24, 2.45) is 0 Å². The van der Waals surface area contributed by atoms with Gasteiger partial charge in [0.05, 0.1) is 11.5 Å². The summed E-state index contributed by atoms with van der Waals surface area (Å²) in [5.41, 5.74) is 6.42. The highest BCUT2D eigenvalue weighted by Gasteiger charge is 2.42. The molecule has 0 aliphatic carbocycles. The van der Waals surface area contributed by atoms with E-state index in [2.05, 4.69) is 32.6 Å². The number of aliphatic hydroxyl groups is 2. The number of nitrogens with zero attached hydrogens (tertiary/aromatic N) is 3. The molecule has 0 bridgehead atoms. The predicted octanol–water partition coefficient (Wildman–Crippen LogP) is 0.257. The van der Waals surface area contributed by atoms with Gasteiger partial charge in [0, 0.05) is 9.77 Å². The Kier molecular flexibility index (Phi) is 3.12. The highest BCUT2D eigenvalue weighted by Crippen LogP contribution is 2.34. The minimum absolute atomic E-state index is 0.384. The third kappa shape index (κ3) is 1.90. The molecule has 4 N–H and O–H groups in total. The Bertz CT molecular complexity index is 632. The molecule has 1 aliphatic heterocycles. The Balaban J connectivity index is 2.14. The number of aromatic nitrogens is 3. The molecule has 8 heteroatoms. The second-order valence-corrected chi connectivity index (χ2v) is 5.72. The minimum atomic E-state index is -1.00. The molecular formula is C11H13IN4O3. The molecule has 0 radical (unpaired) electrons. The summed E-state index contributed by atoms with van der Waals surface area (Å²) in [6, 6.07) is 0. The van der Waals surface area contributed by atoms with Crippen molar-refractivity contribution in [3.63, 3.8) is 0 Å². The van der Waals surface area contributed by atoms with Gasteiger partial charge in [-0.25, -0.2) is 9.97 Å². The number of halogens is 1. The first-order valence-electron chi connectivity index (χ1n) is 5.79. The van der Waals surface area contributed by atoms with Crippen molar-refractivity contribution in [2.75, 3.05) is 5.73 Å². The Morgan fingerprint density at radius 2 is 2.11 bits per heavy atom. The maximum atomic E-state index is 10.0. The van der Waals surface area contributed by atoms with E-state index >= 15 is 0 Å². The van der Waals surface area contributed by atoms with E-state index in [4.69, 9.17) is 10.5 Å². The molecule has 19 heavy (non-hydrogen) atoms. The monoisotopic (exact) mass is 376 g/mol. The number of ether oxygens (including phenoxy) is 1. The summed E-state index contributed by atoms with van der Waals surface area (Å²) in [6.07, 6.45) is 0.122. The van der Waals surface area contributed by atoms with Crippen molar-refractivity contribution in [2.45, 2.75) is 31.5 Å². The van der Waals surface area contributed by atoms with Gasteiger partial charge in [-0.3, -0.25) is 0 Å². The molecule has 1 fully saturated rings.